The molecule has 5 nitrogen and oxygen atoms in total. The largest absolute Gasteiger partial charge is 0.458 e. The van der Waals surface area contributed by atoms with Crippen LogP contribution in [-0.4, -0.2) is 17.0 Å². The molecule has 2 rings (SSSR count). The number of rotatable bonds is 4. The topological polar surface area (TPSA) is 69.4 Å². The Labute approximate surface area is 130 Å². The molecule has 0 radical (unpaired) electrons. The monoisotopic (exact) mass is 303 g/mol. The number of hydrogen-bond acceptors (Lipinski definition) is 4. The Morgan fingerprint density at radius 1 is 1.32 bits per heavy atom. The van der Waals surface area contributed by atoms with E-state index in [0.717, 1.165) is 24.8 Å². The fourth-order valence-electron chi connectivity index (χ4n) is 2.95. The van der Waals surface area contributed by atoms with Crippen molar-refractivity contribution >= 4 is 11.7 Å². The first-order chi connectivity index (χ1) is 10.4. The van der Waals surface area contributed by atoms with E-state index in [1.54, 1.807) is 0 Å². The Balaban J connectivity index is 2.08. The van der Waals surface area contributed by atoms with E-state index in [2.05, 4.69) is 13.5 Å². The smallest absolute Gasteiger partial charge is 0.338 e. The van der Waals surface area contributed by atoms with Gasteiger partial charge in [-0.3, -0.25) is 10.1 Å². The predicted molar refractivity (Wildman–Crippen MR) is 83.6 cm³/mol. The van der Waals surface area contributed by atoms with Gasteiger partial charge in [-0.2, -0.15) is 0 Å². The molecular weight excluding hydrogens is 282 g/mol. The molecule has 22 heavy (non-hydrogen) atoms. The highest BCUT2D eigenvalue weighted by atomic mass is 16.6. The van der Waals surface area contributed by atoms with Crippen LogP contribution in [0.3, 0.4) is 0 Å². The Hall–Kier alpha value is -2.17. The average Bonchev–Trinajstić information content (AvgIpc) is 2.47. The van der Waals surface area contributed by atoms with Crippen LogP contribution in [0.4, 0.5) is 5.69 Å². The molecule has 0 heterocycles. The van der Waals surface area contributed by atoms with E-state index in [-0.39, 0.29) is 17.7 Å². The van der Waals surface area contributed by atoms with Gasteiger partial charge in [0.1, 0.15) is 6.10 Å². The Morgan fingerprint density at radius 3 is 2.50 bits per heavy atom. The summed E-state index contributed by atoms with van der Waals surface area (Å²) in [5.74, 6) is 0.281. The van der Waals surface area contributed by atoms with Crippen LogP contribution in [0.15, 0.2) is 36.4 Å². The standard InChI is InChI=1S/C17H21NO4/c1-11(2)15-9-4-12(3)10-16(15)22-17(19)13-5-7-14(8-6-13)18(20)21/h5-8,12,15-16H,1,4,9-10H2,2-3H3/t12-,15+,16+/m1/s1. The molecule has 0 N–H and O–H groups in total. The zero-order valence-electron chi connectivity index (χ0n) is 13.0. The van der Waals surface area contributed by atoms with Crippen molar-refractivity contribution in [3.05, 3.63) is 52.1 Å². The molecule has 0 spiro atoms. The first kappa shape index (κ1) is 16.2. The van der Waals surface area contributed by atoms with E-state index < -0.39 is 10.9 Å². The van der Waals surface area contributed by atoms with Crippen molar-refractivity contribution in [1.82, 2.24) is 0 Å². The van der Waals surface area contributed by atoms with Crippen LogP contribution >= 0.6 is 0 Å². The third-order valence-corrected chi connectivity index (χ3v) is 4.26. The van der Waals surface area contributed by atoms with Gasteiger partial charge in [-0.25, -0.2) is 4.79 Å². The van der Waals surface area contributed by atoms with Gasteiger partial charge in [0.05, 0.1) is 10.5 Å². The molecule has 1 aromatic carbocycles. The molecule has 0 aliphatic heterocycles. The van der Waals surface area contributed by atoms with E-state index in [1.165, 1.54) is 24.3 Å². The predicted octanol–water partition coefficient (Wildman–Crippen LogP) is 4.13. The minimum Gasteiger partial charge on any atom is -0.458 e. The Morgan fingerprint density at radius 2 is 1.95 bits per heavy atom. The summed E-state index contributed by atoms with van der Waals surface area (Å²) in [6, 6.07) is 5.50. The summed E-state index contributed by atoms with van der Waals surface area (Å²) < 4.78 is 5.65. The summed E-state index contributed by atoms with van der Waals surface area (Å²) in [6.45, 7) is 8.12. The number of nitrogens with zero attached hydrogens (tertiary/aromatic N) is 1. The molecule has 1 aliphatic rings. The van der Waals surface area contributed by atoms with Crippen LogP contribution in [0.5, 0.6) is 0 Å². The van der Waals surface area contributed by atoms with Crippen molar-refractivity contribution in [2.75, 3.05) is 0 Å². The summed E-state index contributed by atoms with van der Waals surface area (Å²) in [5, 5.41) is 10.6. The maximum absolute atomic E-state index is 12.2. The van der Waals surface area contributed by atoms with Crippen LogP contribution in [0.1, 0.15) is 43.5 Å². The van der Waals surface area contributed by atoms with Crippen LogP contribution in [0.25, 0.3) is 0 Å². The fraction of sp³-hybridized carbons (Fsp3) is 0.471. The maximum Gasteiger partial charge on any atom is 0.338 e. The second kappa shape index (κ2) is 6.73. The Bertz CT molecular complexity index is 579. The SMILES string of the molecule is C=C(C)[C@@H]1CC[C@@H](C)C[C@@H]1OC(=O)c1ccc([N+](=O)[O-])cc1. The van der Waals surface area contributed by atoms with Crippen molar-refractivity contribution in [2.45, 2.75) is 39.2 Å². The molecule has 5 heteroatoms. The van der Waals surface area contributed by atoms with Gasteiger partial charge < -0.3 is 4.74 Å². The lowest BCUT2D eigenvalue weighted by atomic mass is 9.77. The number of hydrogen-bond donors (Lipinski definition) is 0. The van der Waals surface area contributed by atoms with Gasteiger partial charge >= 0.3 is 5.97 Å². The quantitative estimate of drug-likeness (QED) is 0.363. The van der Waals surface area contributed by atoms with E-state index in [0.29, 0.717) is 11.5 Å². The molecule has 0 amide bonds. The highest BCUT2D eigenvalue weighted by molar-refractivity contribution is 5.89. The number of nitro groups is 1. The second-order valence-electron chi connectivity index (χ2n) is 6.12. The van der Waals surface area contributed by atoms with Crippen molar-refractivity contribution in [3.63, 3.8) is 0 Å². The first-order valence-electron chi connectivity index (χ1n) is 7.49. The van der Waals surface area contributed by atoms with Gasteiger partial charge in [-0.15, -0.1) is 0 Å². The molecule has 1 fully saturated rings. The van der Waals surface area contributed by atoms with Crippen molar-refractivity contribution < 1.29 is 14.5 Å². The maximum atomic E-state index is 12.2. The third-order valence-electron chi connectivity index (χ3n) is 4.26. The summed E-state index contributed by atoms with van der Waals surface area (Å²) in [7, 11) is 0. The van der Waals surface area contributed by atoms with Gasteiger partial charge in [0, 0.05) is 18.1 Å². The number of nitro benzene ring substituents is 1. The summed E-state index contributed by atoms with van der Waals surface area (Å²) in [5.41, 5.74) is 1.33. The highest BCUT2D eigenvalue weighted by Gasteiger charge is 2.32. The van der Waals surface area contributed by atoms with Crippen molar-refractivity contribution in [2.24, 2.45) is 11.8 Å². The lowest BCUT2D eigenvalue weighted by molar-refractivity contribution is -0.384. The van der Waals surface area contributed by atoms with E-state index >= 15 is 0 Å². The normalized spacial score (nSPS) is 24.5. The zero-order chi connectivity index (χ0) is 16.3. The van der Waals surface area contributed by atoms with Crippen molar-refractivity contribution in [1.29, 1.82) is 0 Å². The Kier molecular flexibility index (Phi) is 4.96. The minimum absolute atomic E-state index is 0.0392. The minimum atomic E-state index is -0.491. The molecule has 0 bridgehead atoms. The lowest BCUT2D eigenvalue weighted by Crippen LogP contribution is -2.33. The van der Waals surface area contributed by atoms with Crippen LogP contribution < -0.4 is 0 Å². The number of carbonyl (C=O) groups excluding carboxylic acids is 1. The summed E-state index contributed by atoms with van der Waals surface area (Å²) >= 11 is 0. The van der Waals surface area contributed by atoms with Crippen LogP contribution in [0, 0.1) is 22.0 Å². The molecule has 0 aromatic heterocycles. The van der Waals surface area contributed by atoms with E-state index in [9.17, 15) is 14.9 Å². The number of ether oxygens (including phenoxy) is 1. The van der Waals surface area contributed by atoms with Crippen molar-refractivity contribution in [3.8, 4) is 0 Å². The van der Waals surface area contributed by atoms with Gasteiger partial charge in [0.25, 0.3) is 5.69 Å². The second-order valence-corrected chi connectivity index (χ2v) is 6.12. The lowest BCUT2D eigenvalue weighted by Gasteiger charge is -2.34. The molecule has 1 saturated carbocycles. The molecule has 118 valence electrons. The number of esters is 1. The van der Waals surface area contributed by atoms with E-state index in [4.69, 9.17) is 4.74 Å². The van der Waals surface area contributed by atoms with E-state index in [1.807, 2.05) is 6.92 Å². The average molecular weight is 303 g/mol. The molecule has 3 atom stereocenters. The van der Waals surface area contributed by atoms with Gasteiger partial charge in [0.2, 0.25) is 0 Å². The van der Waals surface area contributed by atoms with Crippen LogP contribution in [-0.2, 0) is 4.74 Å². The van der Waals surface area contributed by atoms with Crippen LogP contribution in [0.2, 0.25) is 0 Å². The molecule has 1 aromatic rings. The third kappa shape index (κ3) is 3.72. The van der Waals surface area contributed by atoms with Gasteiger partial charge in [-0.05, 0) is 44.2 Å². The van der Waals surface area contributed by atoms with Gasteiger partial charge in [-0.1, -0.05) is 19.1 Å². The summed E-state index contributed by atoms with van der Waals surface area (Å²) in [6.07, 6.45) is 2.76. The number of non-ortho nitro benzene ring substituents is 1. The number of benzene rings is 1. The van der Waals surface area contributed by atoms with Gasteiger partial charge in [0.15, 0.2) is 0 Å². The molecule has 0 unspecified atom stereocenters. The molecule has 0 saturated heterocycles. The number of carbonyl (C=O) groups is 1. The molecule has 1 aliphatic carbocycles. The first-order valence-corrected chi connectivity index (χ1v) is 7.49. The fourth-order valence-corrected chi connectivity index (χ4v) is 2.95. The zero-order valence-corrected chi connectivity index (χ0v) is 13.0. The summed E-state index contributed by atoms with van der Waals surface area (Å²) in [4.78, 5) is 22.4. The highest BCUT2D eigenvalue weighted by Crippen LogP contribution is 2.35. The molecular formula is C17H21NO4.